The molecule has 6 amide bonds. The van der Waals surface area contributed by atoms with Gasteiger partial charge in [0, 0.05) is 59.0 Å². The minimum absolute atomic E-state index is 0.0110. The number of nitrogens with two attached hydrogens (primary N) is 2. The van der Waals surface area contributed by atoms with Crippen LogP contribution in [0.25, 0.3) is 0 Å². The molecule has 1 aromatic rings. The maximum absolute atomic E-state index is 15.3. The third kappa shape index (κ3) is 43.6. The SMILES string of the molecule is CCCCCCCCCCN(CC(N)=O)C(=O)CN(CCCCCCCCCC)C(O)CN(CCCCCCCCCC)C(=O)CN(CCCCCCCCCC)C(=O)CN(CCC1=CC=CCC1)C(=O)CN(CCc1ccccc1)C(O)CN(CCN)C(=O)CNCCCO. The minimum Gasteiger partial charge on any atom is -0.396 e. The smallest absolute Gasteiger partial charge is 0.242 e. The molecule has 0 heterocycles. The molecule has 0 bridgehead atoms. The Hall–Kier alpha value is -4.76. The molecule has 1 aromatic carbocycles. The van der Waals surface area contributed by atoms with Crippen molar-refractivity contribution in [1.82, 2.24) is 39.6 Å². The third-order valence-electron chi connectivity index (χ3n) is 18.7. The van der Waals surface area contributed by atoms with E-state index in [9.17, 15) is 29.7 Å². The second-order valence-electron chi connectivity index (χ2n) is 27.2. The summed E-state index contributed by atoms with van der Waals surface area (Å²) in [5, 5.41) is 37.0. The van der Waals surface area contributed by atoms with Crippen LogP contribution in [0.5, 0.6) is 0 Å². The first-order valence-corrected chi connectivity index (χ1v) is 38.6. The van der Waals surface area contributed by atoms with Gasteiger partial charge in [0.1, 0.15) is 12.5 Å². The van der Waals surface area contributed by atoms with Gasteiger partial charge in [-0.2, -0.15) is 0 Å². The number of nitrogens with zero attached hydrogens (tertiary/aromatic N) is 7. The number of hydrogen-bond acceptors (Lipinski definition) is 13. The van der Waals surface area contributed by atoms with Crippen LogP contribution >= 0.6 is 0 Å². The van der Waals surface area contributed by atoms with Crippen molar-refractivity contribution in [2.75, 3.05) is 118 Å². The number of carbonyl (C=O) groups excluding carboxylic acids is 6. The number of aliphatic hydroxyl groups is 3. The predicted octanol–water partition coefficient (Wildman–Crippen LogP) is 11.3. The summed E-state index contributed by atoms with van der Waals surface area (Å²) in [5.41, 5.74) is 13.9. The molecule has 552 valence electrons. The molecule has 1 aliphatic rings. The monoisotopic (exact) mass is 1350 g/mol. The van der Waals surface area contributed by atoms with Gasteiger partial charge in [-0.3, -0.25) is 38.6 Å². The van der Waals surface area contributed by atoms with E-state index in [1.165, 1.54) is 86.8 Å². The molecule has 19 heteroatoms. The van der Waals surface area contributed by atoms with Crippen molar-refractivity contribution >= 4 is 35.4 Å². The van der Waals surface area contributed by atoms with Crippen molar-refractivity contribution in [3.63, 3.8) is 0 Å². The van der Waals surface area contributed by atoms with Crippen molar-refractivity contribution in [3.05, 3.63) is 59.7 Å². The Balaban J connectivity index is 2.65. The topological polar surface area (TPSA) is 250 Å². The van der Waals surface area contributed by atoms with E-state index in [4.69, 9.17) is 11.5 Å². The Labute approximate surface area is 583 Å². The first-order valence-electron chi connectivity index (χ1n) is 38.6. The van der Waals surface area contributed by atoms with Crippen LogP contribution in [-0.2, 0) is 35.2 Å². The number of carbonyl (C=O) groups is 6. The number of hydrogen-bond donors (Lipinski definition) is 6. The first-order chi connectivity index (χ1) is 46.7. The molecule has 8 N–H and O–H groups in total. The molecule has 2 unspecified atom stereocenters. The van der Waals surface area contributed by atoms with E-state index in [0.29, 0.717) is 64.8 Å². The normalized spacial score (nSPS) is 12.9. The van der Waals surface area contributed by atoms with Gasteiger partial charge < -0.3 is 56.6 Å². The highest BCUT2D eigenvalue weighted by molar-refractivity contribution is 5.89. The van der Waals surface area contributed by atoms with E-state index in [0.717, 1.165) is 140 Å². The van der Waals surface area contributed by atoms with Gasteiger partial charge in [0.2, 0.25) is 35.4 Å². The highest BCUT2D eigenvalue weighted by Crippen LogP contribution is 2.20. The first kappa shape index (κ1) is 87.3. The maximum atomic E-state index is 15.3. The lowest BCUT2D eigenvalue weighted by molar-refractivity contribution is -0.147. The van der Waals surface area contributed by atoms with Crippen LogP contribution in [0, 0.1) is 0 Å². The molecule has 2 rings (SSSR count). The Morgan fingerprint density at radius 2 is 0.844 bits per heavy atom. The Bertz CT molecular complexity index is 2210. The summed E-state index contributed by atoms with van der Waals surface area (Å²) in [6.07, 6.45) is 40.8. The van der Waals surface area contributed by atoms with Gasteiger partial charge in [0.15, 0.2) is 0 Å². The van der Waals surface area contributed by atoms with E-state index in [-0.39, 0.29) is 115 Å². The Morgan fingerprint density at radius 3 is 1.28 bits per heavy atom. The standard InChI is InChI=1S/C77H140N10O9/c1-5-9-13-17-21-25-29-39-52-81(61-70(79)89)72(91)62-82(53-40-30-26-22-18-14-10-6-2)73(92)63-83(54-41-31-27-23-19-15-11-7-3)74(93)64-84(55-42-32-28-24-20-16-12-8-4)75(94)65-85(56-48-68-44-35-33-36-45-68)76(95)66-86(57-49-69-46-37-34-38-47-69)77(96)67-87(58-50-78)71(90)60-80-51-43-59-88/h33-35,37-38,44,46-47,73,77,80,88,92,96H,5-32,36,39-43,45,48-67,78H2,1-4H3,(H2,79,89). The molecule has 0 fully saturated rings. The molecule has 0 aromatic heterocycles. The van der Waals surface area contributed by atoms with Crippen LogP contribution in [0.1, 0.15) is 264 Å². The van der Waals surface area contributed by atoms with Gasteiger partial charge in [-0.15, -0.1) is 0 Å². The average molecular weight is 1350 g/mol. The molecule has 96 heavy (non-hydrogen) atoms. The summed E-state index contributed by atoms with van der Waals surface area (Å²) in [6.45, 7) is 10.1. The van der Waals surface area contributed by atoms with Crippen molar-refractivity contribution in [1.29, 1.82) is 0 Å². The quantitative estimate of drug-likeness (QED) is 0.0263. The van der Waals surface area contributed by atoms with E-state index in [1.807, 2.05) is 36.4 Å². The number of amides is 6. The molecule has 0 radical (unpaired) electrons. The number of aliphatic hydroxyl groups excluding tert-OH is 3. The van der Waals surface area contributed by atoms with Crippen LogP contribution < -0.4 is 16.8 Å². The van der Waals surface area contributed by atoms with Crippen LogP contribution in [-0.4, -0.2) is 215 Å². The van der Waals surface area contributed by atoms with Crippen molar-refractivity contribution < 1.29 is 44.1 Å². The second-order valence-corrected chi connectivity index (χ2v) is 27.2. The predicted molar refractivity (Wildman–Crippen MR) is 393 cm³/mol. The lowest BCUT2D eigenvalue weighted by Crippen LogP contribution is -2.54. The fourth-order valence-corrected chi connectivity index (χ4v) is 12.5. The summed E-state index contributed by atoms with van der Waals surface area (Å²) < 4.78 is 0. The molecule has 1 aliphatic carbocycles. The lowest BCUT2D eigenvalue weighted by Gasteiger charge is -2.35. The summed E-state index contributed by atoms with van der Waals surface area (Å²) in [5.74, 6) is -2.22. The van der Waals surface area contributed by atoms with Crippen molar-refractivity contribution in [2.24, 2.45) is 11.5 Å². The van der Waals surface area contributed by atoms with Gasteiger partial charge in [-0.1, -0.05) is 262 Å². The molecule has 0 aliphatic heterocycles. The molecule has 0 saturated heterocycles. The number of unbranched alkanes of at least 4 members (excludes halogenated alkanes) is 28. The van der Waals surface area contributed by atoms with Crippen molar-refractivity contribution in [3.8, 4) is 0 Å². The summed E-state index contributed by atoms with van der Waals surface area (Å²) >= 11 is 0. The van der Waals surface area contributed by atoms with E-state index < -0.39 is 18.4 Å². The van der Waals surface area contributed by atoms with Gasteiger partial charge in [-0.25, -0.2) is 0 Å². The van der Waals surface area contributed by atoms with Crippen LogP contribution in [0.15, 0.2) is 54.1 Å². The largest absolute Gasteiger partial charge is 0.396 e. The summed E-state index contributed by atoms with van der Waals surface area (Å²) in [7, 11) is 0. The van der Waals surface area contributed by atoms with Gasteiger partial charge in [-0.05, 0) is 69.9 Å². The minimum atomic E-state index is -1.27. The van der Waals surface area contributed by atoms with Gasteiger partial charge in [0.25, 0.3) is 0 Å². The Kier molecular flexibility index (Phi) is 53.8. The van der Waals surface area contributed by atoms with E-state index >= 15 is 14.4 Å². The highest BCUT2D eigenvalue weighted by Gasteiger charge is 2.31. The van der Waals surface area contributed by atoms with Crippen LogP contribution in [0.2, 0.25) is 0 Å². The number of allylic oxidation sites excluding steroid dienone is 3. The van der Waals surface area contributed by atoms with E-state index in [1.54, 1.807) is 24.5 Å². The molecule has 0 spiro atoms. The zero-order valence-electron chi connectivity index (χ0n) is 61.2. The molecule has 19 nitrogen and oxygen atoms in total. The maximum Gasteiger partial charge on any atom is 0.242 e. The molecular formula is C77H140N10O9. The lowest BCUT2D eigenvalue weighted by atomic mass is 10.0. The Morgan fingerprint density at radius 1 is 0.448 bits per heavy atom. The number of primary amides is 1. The van der Waals surface area contributed by atoms with Gasteiger partial charge in [0.05, 0.1) is 52.4 Å². The van der Waals surface area contributed by atoms with E-state index in [2.05, 4.69) is 45.2 Å². The fourth-order valence-electron chi connectivity index (χ4n) is 12.5. The number of benzene rings is 1. The molecule has 2 atom stereocenters. The second kappa shape index (κ2) is 59.1. The van der Waals surface area contributed by atoms with Crippen LogP contribution in [0.4, 0.5) is 0 Å². The zero-order chi connectivity index (χ0) is 70.1. The zero-order valence-corrected chi connectivity index (χ0v) is 61.2. The highest BCUT2D eigenvalue weighted by atomic mass is 16.3. The fraction of sp³-hybridized carbons (Fsp3) is 0.792. The average Bonchev–Trinajstić information content (AvgIpc) is 1.35. The number of nitrogens with one attached hydrogen (secondary N) is 1. The van der Waals surface area contributed by atoms with Gasteiger partial charge >= 0.3 is 0 Å². The summed E-state index contributed by atoms with van der Waals surface area (Å²) in [6, 6.07) is 9.79. The summed E-state index contributed by atoms with van der Waals surface area (Å²) in [4.78, 5) is 97.6. The number of rotatable bonds is 65. The van der Waals surface area contributed by atoms with Crippen molar-refractivity contribution in [2.45, 2.75) is 278 Å². The van der Waals surface area contributed by atoms with Crippen LogP contribution in [0.3, 0.4) is 0 Å². The third-order valence-corrected chi connectivity index (χ3v) is 18.7. The molecular weight excluding hydrogens is 1210 g/mol. The molecule has 0 saturated carbocycles.